The third-order valence-electron chi connectivity index (χ3n) is 3.30. The third-order valence-corrected chi connectivity index (χ3v) is 4.60. The Balaban J connectivity index is 1.91. The molecule has 0 aromatic carbocycles. The van der Waals surface area contributed by atoms with E-state index in [0.717, 1.165) is 43.4 Å². The predicted molar refractivity (Wildman–Crippen MR) is 87.3 cm³/mol. The van der Waals surface area contributed by atoms with Gasteiger partial charge in [-0.3, -0.25) is 4.98 Å². The van der Waals surface area contributed by atoms with E-state index in [4.69, 9.17) is 0 Å². The first-order valence-electron chi connectivity index (χ1n) is 7.37. The van der Waals surface area contributed by atoms with E-state index in [1.165, 1.54) is 0 Å². The second-order valence-corrected chi connectivity index (χ2v) is 8.22. The van der Waals surface area contributed by atoms with E-state index in [1.54, 1.807) is 0 Å². The van der Waals surface area contributed by atoms with Gasteiger partial charge in [0.25, 0.3) is 0 Å². The highest BCUT2D eigenvalue weighted by atomic mass is 32.2. The zero-order valence-corrected chi connectivity index (χ0v) is 13.8. The Labute approximate surface area is 126 Å². The monoisotopic (exact) mass is 294 g/mol. The summed E-state index contributed by atoms with van der Waals surface area (Å²) in [5, 5.41) is 3.39. The standard InChI is InChI=1S/C15H26N4S/c1-12(2)7-16-8-13-9-18-14(10-17-13)19-5-6-20-15(3,4)11-19/h9-10,12,16H,5-8,11H2,1-4H3. The van der Waals surface area contributed by atoms with E-state index < -0.39 is 0 Å². The van der Waals surface area contributed by atoms with Gasteiger partial charge in [-0.2, -0.15) is 11.8 Å². The Morgan fingerprint density at radius 3 is 2.75 bits per heavy atom. The molecule has 1 aliphatic heterocycles. The van der Waals surface area contributed by atoms with Gasteiger partial charge in [-0.25, -0.2) is 4.98 Å². The largest absolute Gasteiger partial charge is 0.353 e. The van der Waals surface area contributed by atoms with Crippen LogP contribution in [0.2, 0.25) is 0 Å². The molecule has 0 unspecified atom stereocenters. The van der Waals surface area contributed by atoms with Gasteiger partial charge in [0.2, 0.25) is 0 Å². The highest BCUT2D eigenvalue weighted by Crippen LogP contribution is 2.31. The van der Waals surface area contributed by atoms with Crippen LogP contribution in [0.3, 0.4) is 0 Å². The molecule has 0 aliphatic carbocycles. The Morgan fingerprint density at radius 1 is 1.35 bits per heavy atom. The molecule has 2 rings (SSSR count). The third kappa shape index (κ3) is 4.63. The number of nitrogens with zero attached hydrogens (tertiary/aromatic N) is 3. The summed E-state index contributed by atoms with van der Waals surface area (Å²) in [6, 6.07) is 0. The van der Waals surface area contributed by atoms with Gasteiger partial charge >= 0.3 is 0 Å². The number of hydrogen-bond acceptors (Lipinski definition) is 5. The van der Waals surface area contributed by atoms with Crippen molar-refractivity contribution in [1.29, 1.82) is 0 Å². The summed E-state index contributed by atoms with van der Waals surface area (Å²) in [5.41, 5.74) is 1.01. The molecule has 0 saturated carbocycles. The van der Waals surface area contributed by atoms with E-state index in [9.17, 15) is 0 Å². The Bertz CT molecular complexity index is 416. The first-order chi connectivity index (χ1) is 9.46. The molecule has 112 valence electrons. The lowest BCUT2D eigenvalue weighted by atomic mass is 10.2. The highest BCUT2D eigenvalue weighted by Gasteiger charge is 2.27. The van der Waals surface area contributed by atoms with Crippen molar-refractivity contribution in [2.24, 2.45) is 5.92 Å². The molecule has 20 heavy (non-hydrogen) atoms. The van der Waals surface area contributed by atoms with Crippen LogP contribution in [0.1, 0.15) is 33.4 Å². The number of hydrogen-bond donors (Lipinski definition) is 1. The topological polar surface area (TPSA) is 41.1 Å². The summed E-state index contributed by atoms with van der Waals surface area (Å²) in [6.07, 6.45) is 3.82. The molecule has 0 spiro atoms. The normalized spacial score (nSPS) is 18.6. The summed E-state index contributed by atoms with van der Waals surface area (Å²) in [4.78, 5) is 11.4. The number of anilines is 1. The maximum absolute atomic E-state index is 4.58. The molecular formula is C15H26N4S. The predicted octanol–water partition coefficient (Wildman–Crippen LogP) is 2.55. The van der Waals surface area contributed by atoms with E-state index in [1.807, 2.05) is 24.2 Å². The molecule has 1 fully saturated rings. The lowest BCUT2D eigenvalue weighted by molar-refractivity contribution is 0.547. The molecule has 0 amide bonds. The minimum absolute atomic E-state index is 0.303. The maximum Gasteiger partial charge on any atom is 0.147 e. The van der Waals surface area contributed by atoms with Crippen molar-refractivity contribution in [1.82, 2.24) is 15.3 Å². The molecule has 1 aromatic heterocycles. The minimum atomic E-state index is 0.303. The molecule has 5 heteroatoms. The van der Waals surface area contributed by atoms with Gasteiger partial charge in [-0.05, 0) is 26.3 Å². The second kappa shape index (κ2) is 6.76. The fourth-order valence-corrected chi connectivity index (χ4v) is 3.41. The average molecular weight is 294 g/mol. The zero-order valence-electron chi connectivity index (χ0n) is 13.0. The molecular weight excluding hydrogens is 268 g/mol. The number of aromatic nitrogens is 2. The molecule has 1 saturated heterocycles. The molecule has 1 aromatic rings. The van der Waals surface area contributed by atoms with Gasteiger partial charge in [0.05, 0.1) is 18.1 Å². The second-order valence-electron chi connectivity index (χ2n) is 6.42. The fourth-order valence-electron chi connectivity index (χ4n) is 2.30. The molecule has 0 bridgehead atoms. The van der Waals surface area contributed by atoms with Crippen molar-refractivity contribution in [3.63, 3.8) is 0 Å². The first-order valence-corrected chi connectivity index (χ1v) is 8.35. The summed E-state index contributed by atoms with van der Waals surface area (Å²) < 4.78 is 0.303. The van der Waals surface area contributed by atoms with Crippen LogP contribution in [-0.2, 0) is 6.54 Å². The number of thioether (sulfide) groups is 1. The quantitative estimate of drug-likeness (QED) is 0.904. The van der Waals surface area contributed by atoms with Crippen molar-refractivity contribution in [3.8, 4) is 0 Å². The smallest absolute Gasteiger partial charge is 0.147 e. The SMILES string of the molecule is CC(C)CNCc1cnc(N2CCSC(C)(C)C2)cn1. The summed E-state index contributed by atoms with van der Waals surface area (Å²) >= 11 is 2.04. The molecule has 0 atom stereocenters. The summed E-state index contributed by atoms with van der Waals surface area (Å²) in [6.45, 7) is 12.9. The van der Waals surface area contributed by atoms with E-state index in [2.05, 4.69) is 47.9 Å². The average Bonchev–Trinajstić information content (AvgIpc) is 2.38. The Morgan fingerprint density at radius 2 is 2.15 bits per heavy atom. The fraction of sp³-hybridized carbons (Fsp3) is 0.733. The van der Waals surface area contributed by atoms with Crippen molar-refractivity contribution in [2.75, 3.05) is 30.3 Å². The lowest BCUT2D eigenvalue weighted by Gasteiger charge is -2.38. The van der Waals surface area contributed by atoms with Crippen molar-refractivity contribution < 1.29 is 0 Å². The van der Waals surface area contributed by atoms with Crippen LogP contribution < -0.4 is 10.2 Å². The first kappa shape index (κ1) is 15.6. The van der Waals surface area contributed by atoms with Crippen LogP contribution in [0.25, 0.3) is 0 Å². The van der Waals surface area contributed by atoms with Gasteiger partial charge in [-0.15, -0.1) is 0 Å². The van der Waals surface area contributed by atoms with Crippen LogP contribution in [0.4, 0.5) is 5.82 Å². The van der Waals surface area contributed by atoms with Crippen molar-refractivity contribution in [2.45, 2.75) is 39.0 Å². The van der Waals surface area contributed by atoms with Gasteiger partial charge in [0, 0.05) is 30.1 Å². The lowest BCUT2D eigenvalue weighted by Crippen LogP contribution is -2.43. The van der Waals surface area contributed by atoms with Gasteiger partial charge in [-0.1, -0.05) is 13.8 Å². The molecule has 1 N–H and O–H groups in total. The maximum atomic E-state index is 4.58. The molecule has 1 aliphatic rings. The van der Waals surface area contributed by atoms with Crippen LogP contribution in [-0.4, -0.2) is 40.1 Å². The van der Waals surface area contributed by atoms with Gasteiger partial charge < -0.3 is 10.2 Å². The van der Waals surface area contributed by atoms with E-state index in [0.29, 0.717) is 10.7 Å². The molecule has 4 nitrogen and oxygen atoms in total. The zero-order chi connectivity index (χ0) is 14.6. The van der Waals surface area contributed by atoms with E-state index in [-0.39, 0.29) is 0 Å². The van der Waals surface area contributed by atoms with Crippen LogP contribution >= 0.6 is 11.8 Å². The summed E-state index contributed by atoms with van der Waals surface area (Å²) in [7, 11) is 0. The number of nitrogens with one attached hydrogen (secondary N) is 1. The Kier molecular flexibility index (Phi) is 5.27. The van der Waals surface area contributed by atoms with Crippen LogP contribution in [0, 0.1) is 5.92 Å². The number of rotatable bonds is 5. The van der Waals surface area contributed by atoms with E-state index >= 15 is 0 Å². The molecule has 0 radical (unpaired) electrons. The van der Waals surface area contributed by atoms with Crippen LogP contribution in [0.5, 0.6) is 0 Å². The highest BCUT2D eigenvalue weighted by molar-refractivity contribution is 8.00. The van der Waals surface area contributed by atoms with Crippen molar-refractivity contribution >= 4 is 17.6 Å². The Hall–Kier alpha value is -0.810. The minimum Gasteiger partial charge on any atom is -0.353 e. The molecule has 2 heterocycles. The summed E-state index contributed by atoms with van der Waals surface area (Å²) in [5.74, 6) is 2.83. The van der Waals surface area contributed by atoms with Crippen molar-refractivity contribution in [3.05, 3.63) is 18.1 Å². The van der Waals surface area contributed by atoms with Crippen LogP contribution in [0.15, 0.2) is 12.4 Å². The van der Waals surface area contributed by atoms with Gasteiger partial charge in [0.1, 0.15) is 5.82 Å². The van der Waals surface area contributed by atoms with Gasteiger partial charge in [0.15, 0.2) is 0 Å².